The van der Waals surface area contributed by atoms with Gasteiger partial charge in [0.05, 0.1) is 9.82 Å². The summed E-state index contributed by atoms with van der Waals surface area (Å²) in [7, 11) is -4.00. The van der Waals surface area contributed by atoms with Crippen molar-refractivity contribution in [3.63, 3.8) is 0 Å². The number of nitro benzene ring substituents is 1. The van der Waals surface area contributed by atoms with Crippen LogP contribution in [-0.2, 0) is 10.0 Å². The number of rotatable bonds is 5. The SMILES string of the molecule is Cc1ccc(S(=O)(=O)n2cccc2C(=O)c2ccccc2[N+](=O)[O-])cc1. The van der Waals surface area contributed by atoms with Gasteiger partial charge in [0.25, 0.3) is 15.7 Å². The van der Waals surface area contributed by atoms with E-state index in [1.165, 1.54) is 54.7 Å². The first-order valence-corrected chi connectivity index (χ1v) is 9.04. The molecule has 0 amide bonds. The summed E-state index contributed by atoms with van der Waals surface area (Å²) in [4.78, 5) is 23.3. The highest BCUT2D eigenvalue weighted by Crippen LogP contribution is 2.24. The molecule has 132 valence electrons. The molecule has 2 aromatic carbocycles. The van der Waals surface area contributed by atoms with Crippen LogP contribution in [0.1, 0.15) is 21.6 Å². The third kappa shape index (κ3) is 3.02. The zero-order chi connectivity index (χ0) is 18.9. The topological polar surface area (TPSA) is 99.3 Å². The first kappa shape index (κ1) is 17.6. The van der Waals surface area contributed by atoms with Crippen molar-refractivity contribution in [1.82, 2.24) is 3.97 Å². The Kier molecular flexibility index (Phi) is 4.43. The molecule has 7 nitrogen and oxygen atoms in total. The van der Waals surface area contributed by atoms with E-state index in [9.17, 15) is 23.3 Å². The molecule has 1 heterocycles. The van der Waals surface area contributed by atoms with Gasteiger partial charge in [0.15, 0.2) is 0 Å². The fourth-order valence-corrected chi connectivity index (χ4v) is 3.88. The number of nitro groups is 1. The number of benzene rings is 2. The second-order valence-corrected chi connectivity index (χ2v) is 7.43. The van der Waals surface area contributed by atoms with Crippen molar-refractivity contribution >= 4 is 21.5 Å². The third-order valence-corrected chi connectivity index (χ3v) is 5.57. The molecule has 8 heteroatoms. The molecule has 0 aliphatic carbocycles. The highest BCUT2D eigenvalue weighted by atomic mass is 32.2. The smallest absolute Gasteiger partial charge is 0.280 e. The summed E-state index contributed by atoms with van der Waals surface area (Å²) >= 11 is 0. The van der Waals surface area contributed by atoms with Crippen molar-refractivity contribution in [2.45, 2.75) is 11.8 Å². The number of ketones is 1. The molecule has 0 spiro atoms. The fraction of sp³-hybridized carbons (Fsp3) is 0.0556. The van der Waals surface area contributed by atoms with Gasteiger partial charge in [-0.05, 0) is 37.3 Å². The van der Waals surface area contributed by atoms with Crippen molar-refractivity contribution in [3.05, 3.63) is 93.8 Å². The molecule has 3 aromatic rings. The molecule has 0 aliphatic heterocycles. The Morgan fingerprint density at radius 1 is 1.00 bits per heavy atom. The van der Waals surface area contributed by atoms with Gasteiger partial charge in [0.2, 0.25) is 5.78 Å². The Hall–Kier alpha value is -3.26. The van der Waals surface area contributed by atoms with Crippen LogP contribution in [0.4, 0.5) is 5.69 Å². The van der Waals surface area contributed by atoms with Gasteiger partial charge < -0.3 is 0 Å². The second kappa shape index (κ2) is 6.57. The Morgan fingerprint density at radius 2 is 1.65 bits per heavy atom. The molecule has 0 saturated carbocycles. The first-order chi connectivity index (χ1) is 12.3. The van der Waals surface area contributed by atoms with Gasteiger partial charge in [-0.1, -0.05) is 29.8 Å². The molecular weight excluding hydrogens is 356 g/mol. The van der Waals surface area contributed by atoms with E-state index in [2.05, 4.69) is 0 Å². The molecular formula is C18H14N2O5S. The minimum atomic E-state index is -4.00. The summed E-state index contributed by atoms with van der Waals surface area (Å²) in [6, 6.07) is 14.4. The van der Waals surface area contributed by atoms with Gasteiger partial charge in [-0.25, -0.2) is 12.4 Å². The Bertz CT molecular complexity index is 1100. The van der Waals surface area contributed by atoms with Gasteiger partial charge in [0, 0.05) is 12.3 Å². The first-order valence-electron chi connectivity index (χ1n) is 7.60. The number of nitrogens with zero attached hydrogens (tertiary/aromatic N) is 2. The Balaban J connectivity index is 2.11. The summed E-state index contributed by atoms with van der Waals surface area (Å²) in [6.45, 7) is 1.83. The molecule has 0 unspecified atom stereocenters. The lowest BCUT2D eigenvalue weighted by atomic mass is 10.1. The number of hydrogen-bond acceptors (Lipinski definition) is 5. The van der Waals surface area contributed by atoms with Gasteiger partial charge in [-0.2, -0.15) is 0 Å². The average molecular weight is 370 g/mol. The van der Waals surface area contributed by atoms with E-state index in [1.807, 2.05) is 6.92 Å². The van der Waals surface area contributed by atoms with Crippen LogP contribution in [0.2, 0.25) is 0 Å². The standard InChI is InChI=1S/C18H14N2O5S/c1-13-8-10-14(11-9-13)26(24,25)19-12-4-7-17(19)18(21)15-5-2-3-6-16(15)20(22)23/h2-12H,1H3. The van der Waals surface area contributed by atoms with Crippen LogP contribution in [0.25, 0.3) is 0 Å². The van der Waals surface area contributed by atoms with Crippen LogP contribution in [0.3, 0.4) is 0 Å². The van der Waals surface area contributed by atoms with E-state index < -0.39 is 20.7 Å². The van der Waals surface area contributed by atoms with Crippen LogP contribution in [0.5, 0.6) is 0 Å². The summed E-state index contributed by atoms with van der Waals surface area (Å²) in [5, 5.41) is 11.2. The third-order valence-electron chi connectivity index (χ3n) is 3.87. The molecule has 0 saturated heterocycles. The van der Waals surface area contributed by atoms with Crippen LogP contribution < -0.4 is 0 Å². The highest BCUT2D eigenvalue weighted by molar-refractivity contribution is 7.90. The number of aryl methyl sites for hydroxylation is 1. The molecule has 0 radical (unpaired) electrons. The summed E-state index contributed by atoms with van der Waals surface area (Å²) in [5.41, 5.74) is 0.182. The van der Waals surface area contributed by atoms with Crippen LogP contribution in [0, 0.1) is 17.0 Å². The number of para-hydroxylation sites is 1. The van der Waals surface area contributed by atoms with Crippen molar-refractivity contribution in [3.8, 4) is 0 Å². The van der Waals surface area contributed by atoms with E-state index in [-0.39, 0.29) is 21.8 Å². The quantitative estimate of drug-likeness (QED) is 0.390. The van der Waals surface area contributed by atoms with Gasteiger partial charge in [0.1, 0.15) is 11.3 Å². The number of carbonyl (C=O) groups is 1. The molecule has 1 aromatic heterocycles. The average Bonchev–Trinajstić information content (AvgIpc) is 3.12. The zero-order valence-corrected chi connectivity index (χ0v) is 14.5. The van der Waals surface area contributed by atoms with E-state index >= 15 is 0 Å². The molecule has 26 heavy (non-hydrogen) atoms. The van der Waals surface area contributed by atoms with Gasteiger partial charge in [-0.3, -0.25) is 14.9 Å². The number of aromatic nitrogens is 1. The van der Waals surface area contributed by atoms with Crippen molar-refractivity contribution in [1.29, 1.82) is 0 Å². The molecule has 0 bridgehead atoms. The van der Waals surface area contributed by atoms with Crippen molar-refractivity contribution < 1.29 is 18.1 Å². The van der Waals surface area contributed by atoms with Crippen LogP contribution in [0.15, 0.2) is 71.8 Å². The lowest BCUT2D eigenvalue weighted by molar-refractivity contribution is -0.385. The minimum Gasteiger partial charge on any atom is -0.287 e. The van der Waals surface area contributed by atoms with Crippen molar-refractivity contribution in [2.24, 2.45) is 0 Å². The van der Waals surface area contributed by atoms with Crippen LogP contribution >= 0.6 is 0 Å². The molecule has 0 aliphatic rings. The highest BCUT2D eigenvalue weighted by Gasteiger charge is 2.27. The van der Waals surface area contributed by atoms with E-state index in [0.29, 0.717) is 0 Å². The maximum absolute atomic E-state index is 12.9. The summed E-state index contributed by atoms with van der Waals surface area (Å²) < 4.78 is 26.6. The number of carbonyl (C=O) groups excluding carboxylic acids is 1. The van der Waals surface area contributed by atoms with E-state index in [0.717, 1.165) is 9.54 Å². The maximum Gasteiger partial charge on any atom is 0.280 e. The minimum absolute atomic E-state index is 0.0240. The Labute approximate surface area is 149 Å². The molecule has 0 N–H and O–H groups in total. The second-order valence-electron chi connectivity index (χ2n) is 5.61. The molecule has 0 fully saturated rings. The van der Waals surface area contributed by atoms with E-state index in [4.69, 9.17) is 0 Å². The van der Waals surface area contributed by atoms with Crippen molar-refractivity contribution in [2.75, 3.05) is 0 Å². The largest absolute Gasteiger partial charge is 0.287 e. The predicted molar refractivity (Wildman–Crippen MR) is 94.7 cm³/mol. The molecule has 0 atom stereocenters. The Morgan fingerprint density at radius 3 is 2.31 bits per heavy atom. The lowest BCUT2D eigenvalue weighted by Crippen LogP contribution is -2.18. The normalized spacial score (nSPS) is 11.3. The summed E-state index contributed by atoms with van der Waals surface area (Å²) in [6.07, 6.45) is 1.25. The monoisotopic (exact) mass is 370 g/mol. The van der Waals surface area contributed by atoms with E-state index in [1.54, 1.807) is 12.1 Å². The fourth-order valence-electron chi connectivity index (χ4n) is 2.54. The lowest BCUT2D eigenvalue weighted by Gasteiger charge is -2.10. The zero-order valence-electron chi connectivity index (χ0n) is 13.7. The summed E-state index contributed by atoms with van der Waals surface area (Å²) in [5.74, 6) is -0.738. The van der Waals surface area contributed by atoms with Gasteiger partial charge in [-0.15, -0.1) is 0 Å². The number of hydrogen-bond donors (Lipinski definition) is 0. The molecule has 3 rings (SSSR count). The van der Waals surface area contributed by atoms with Gasteiger partial charge >= 0.3 is 0 Å². The van der Waals surface area contributed by atoms with Crippen LogP contribution in [-0.4, -0.2) is 23.1 Å². The maximum atomic E-state index is 12.9. The predicted octanol–water partition coefficient (Wildman–Crippen LogP) is 3.17.